The lowest BCUT2D eigenvalue weighted by atomic mass is 9.89. The van der Waals surface area contributed by atoms with Crippen molar-refractivity contribution in [2.45, 2.75) is 33.2 Å². The molecule has 0 rings (SSSR count). The number of Topliss-reactive ketones (excluding diaryl/α,β-unsaturated/α-hetero) is 1. The van der Waals surface area contributed by atoms with Crippen molar-refractivity contribution in [1.29, 1.82) is 0 Å². The second kappa shape index (κ2) is 4.97. The number of carbonyl (C=O) groups is 2. The van der Waals surface area contributed by atoms with Crippen molar-refractivity contribution in [2.75, 3.05) is 0 Å². The molecule has 0 heterocycles. The van der Waals surface area contributed by atoms with Gasteiger partial charge in [0.15, 0.2) is 0 Å². The minimum absolute atomic E-state index is 0.0324. The number of nitrogens with two attached hydrogens (primary N) is 1. The zero-order chi connectivity index (χ0) is 10.6. The van der Waals surface area contributed by atoms with Gasteiger partial charge in [0.2, 0.25) is 0 Å². The molecule has 3 N–H and O–H groups in total. The van der Waals surface area contributed by atoms with Crippen molar-refractivity contribution >= 4 is 11.8 Å². The summed E-state index contributed by atoms with van der Waals surface area (Å²) in [5, 5.41) is 8.78. The maximum absolute atomic E-state index is 11.2. The molecule has 4 nitrogen and oxygen atoms in total. The molecule has 0 aliphatic rings. The Labute approximate surface area is 78.1 Å². The van der Waals surface area contributed by atoms with E-state index in [0.717, 1.165) is 0 Å². The van der Waals surface area contributed by atoms with Crippen LogP contribution in [0.5, 0.6) is 0 Å². The van der Waals surface area contributed by atoms with Crippen molar-refractivity contribution in [3.63, 3.8) is 0 Å². The van der Waals surface area contributed by atoms with E-state index in [-0.39, 0.29) is 18.1 Å². The number of carboxylic acid groups (broad SMARTS) is 1. The van der Waals surface area contributed by atoms with Crippen LogP contribution < -0.4 is 5.73 Å². The fraction of sp³-hybridized carbons (Fsp3) is 0.778. The van der Waals surface area contributed by atoms with E-state index in [9.17, 15) is 9.59 Å². The van der Waals surface area contributed by atoms with Crippen LogP contribution in [0, 0.1) is 11.8 Å². The molecule has 0 aromatic rings. The maximum Gasteiger partial charge on any atom is 0.307 e. The van der Waals surface area contributed by atoms with Crippen LogP contribution in [0.3, 0.4) is 0 Å². The van der Waals surface area contributed by atoms with Crippen molar-refractivity contribution < 1.29 is 14.7 Å². The Kier molecular flexibility index (Phi) is 4.62. The van der Waals surface area contributed by atoms with E-state index >= 15 is 0 Å². The monoisotopic (exact) mass is 187 g/mol. The van der Waals surface area contributed by atoms with Crippen LogP contribution in [-0.2, 0) is 9.59 Å². The average molecular weight is 187 g/mol. The fourth-order valence-electron chi connectivity index (χ4n) is 1.01. The lowest BCUT2D eigenvalue weighted by Crippen LogP contribution is -2.32. The summed E-state index contributed by atoms with van der Waals surface area (Å²) in [5.74, 6) is -1.77. The topological polar surface area (TPSA) is 80.4 Å². The van der Waals surface area contributed by atoms with Gasteiger partial charge < -0.3 is 10.8 Å². The highest BCUT2D eigenvalue weighted by atomic mass is 16.4. The van der Waals surface area contributed by atoms with E-state index in [1.54, 1.807) is 20.8 Å². The second-order valence-electron chi connectivity index (χ2n) is 3.65. The van der Waals surface area contributed by atoms with Gasteiger partial charge in [0.1, 0.15) is 5.78 Å². The number of carbonyl (C=O) groups excluding carboxylic acids is 1. The van der Waals surface area contributed by atoms with E-state index < -0.39 is 17.9 Å². The molecule has 76 valence electrons. The van der Waals surface area contributed by atoms with Gasteiger partial charge in [0.25, 0.3) is 0 Å². The van der Waals surface area contributed by atoms with Gasteiger partial charge in [-0.2, -0.15) is 0 Å². The summed E-state index contributed by atoms with van der Waals surface area (Å²) >= 11 is 0. The van der Waals surface area contributed by atoms with Crippen LogP contribution in [-0.4, -0.2) is 22.9 Å². The molecule has 0 aromatic heterocycles. The Morgan fingerprint density at radius 3 is 2.00 bits per heavy atom. The van der Waals surface area contributed by atoms with Crippen LogP contribution in [0.4, 0.5) is 0 Å². The summed E-state index contributed by atoms with van der Waals surface area (Å²) in [5.41, 5.74) is 5.34. The molecular formula is C9H17NO3. The fourth-order valence-corrected chi connectivity index (χ4v) is 1.01. The average Bonchev–Trinajstić information content (AvgIpc) is 1.97. The van der Waals surface area contributed by atoms with E-state index in [4.69, 9.17) is 10.8 Å². The predicted octanol–water partition coefficient (Wildman–Crippen LogP) is 0.650. The smallest absolute Gasteiger partial charge is 0.307 e. The van der Waals surface area contributed by atoms with E-state index in [1.165, 1.54) is 0 Å². The lowest BCUT2D eigenvalue weighted by Gasteiger charge is -2.16. The standard InChI is InChI=1S/C9H17NO3/c1-5(2)7(9(12)13)4-8(11)6(3)10/h5-7H,4,10H2,1-3H3,(H,12,13). The van der Waals surface area contributed by atoms with Gasteiger partial charge in [-0.25, -0.2) is 0 Å². The molecule has 2 unspecified atom stereocenters. The van der Waals surface area contributed by atoms with E-state index in [0.29, 0.717) is 0 Å². The third-order valence-electron chi connectivity index (χ3n) is 2.05. The van der Waals surface area contributed by atoms with Crippen molar-refractivity contribution in [1.82, 2.24) is 0 Å². The highest BCUT2D eigenvalue weighted by Gasteiger charge is 2.25. The SMILES string of the molecule is CC(N)C(=O)CC(C(=O)O)C(C)C. The molecule has 0 spiro atoms. The van der Waals surface area contributed by atoms with Crippen LogP contribution in [0.25, 0.3) is 0 Å². The molecule has 2 atom stereocenters. The van der Waals surface area contributed by atoms with Gasteiger partial charge in [-0.1, -0.05) is 13.8 Å². The minimum atomic E-state index is -0.927. The molecule has 0 saturated carbocycles. The summed E-state index contributed by atoms with van der Waals surface area (Å²) in [4.78, 5) is 21.9. The summed E-state index contributed by atoms with van der Waals surface area (Å²) in [6, 6.07) is -0.569. The lowest BCUT2D eigenvalue weighted by molar-refractivity contribution is -0.145. The maximum atomic E-state index is 11.2. The zero-order valence-electron chi connectivity index (χ0n) is 8.28. The van der Waals surface area contributed by atoms with Crippen LogP contribution >= 0.6 is 0 Å². The Morgan fingerprint density at radius 1 is 1.31 bits per heavy atom. The van der Waals surface area contributed by atoms with Crippen molar-refractivity contribution in [3.05, 3.63) is 0 Å². The molecule has 0 bridgehead atoms. The molecule has 0 radical (unpaired) electrons. The zero-order valence-corrected chi connectivity index (χ0v) is 8.28. The van der Waals surface area contributed by atoms with Gasteiger partial charge in [-0.05, 0) is 12.8 Å². The first kappa shape index (κ1) is 12.1. The van der Waals surface area contributed by atoms with Crippen LogP contribution in [0.1, 0.15) is 27.2 Å². The molecule has 0 aliphatic carbocycles. The van der Waals surface area contributed by atoms with Gasteiger partial charge in [-0.3, -0.25) is 9.59 Å². The minimum Gasteiger partial charge on any atom is -0.481 e. The number of hydrogen-bond donors (Lipinski definition) is 2. The Morgan fingerprint density at radius 2 is 1.77 bits per heavy atom. The van der Waals surface area contributed by atoms with Gasteiger partial charge >= 0.3 is 5.97 Å². The summed E-state index contributed by atoms with van der Waals surface area (Å²) in [6.45, 7) is 5.14. The number of carboxylic acids is 1. The van der Waals surface area contributed by atoms with E-state index in [1.807, 2.05) is 0 Å². The summed E-state index contributed by atoms with van der Waals surface area (Å²) < 4.78 is 0. The van der Waals surface area contributed by atoms with Crippen molar-refractivity contribution in [3.8, 4) is 0 Å². The van der Waals surface area contributed by atoms with Crippen molar-refractivity contribution in [2.24, 2.45) is 17.6 Å². The number of rotatable bonds is 5. The molecule has 0 aromatic carbocycles. The Hall–Kier alpha value is -0.900. The first-order valence-corrected chi connectivity index (χ1v) is 4.37. The first-order valence-electron chi connectivity index (χ1n) is 4.37. The molecule has 0 aliphatic heterocycles. The molecule has 4 heteroatoms. The summed E-state index contributed by atoms with van der Waals surface area (Å²) in [7, 11) is 0. The predicted molar refractivity (Wildman–Crippen MR) is 49.2 cm³/mol. The molecule has 0 saturated heterocycles. The largest absolute Gasteiger partial charge is 0.481 e. The highest BCUT2D eigenvalue weighted by Crippen LogP contribution is 2.16. The quantitative estimate of drug-likeness (QED) is 0.662. The molecular weight excluding hydrogens is 170 g/mol. The van der Waals surface area contributed by atoms with Gasteiger partial charge in [0, 0.05) is 6.42 Å². The third-order valence-corrected chi connectivity index (χ3v) is 2.05. The molecule has 0 amide bonds. The molecule has 0 fully saturated rings. The first-order chi connectivity index (χ1) is 5.86. The number of hydrogen-bond acceptors (Lipinski definition) is 3. The normalized spacial score (nSPS) is 15.5. The second-order valence-corrected chi connectivity index (χ2v) is 3.65. The molecule has 13 heavy (non-hydrogen) atoms. The van der Waals surface area contributed by atoms with Gasteiger partial charge in [-0.15, -0.1) is 0 Å². The third kappa shape index (κ3) is 4.03. The number of ketones is 1. The Balaban J connectivity index is 4.27. The summed E-state index contributed by atoms with van der Waals surface area (Å²) in [6.07, 6.45) is 0.0324. The Bertz CT molecular complexity index is 199. The van der Waals surface area contributed by atoms with Crippen LogP contribution in [0.15, 0.2) is 0 Å². The van der Waals surface area contributed by atoms with Gasteiger partial charge in [0.05, 0.1) is 12.0 Å². The highest BCUT2D eigenvalue weighted by molar-refractivity contribution is 5.87. The van der Waals surface area contributed by atoms with E-state index in [2.05, 4.69) is 0 Å². The number of aliphatic carboxylic acids is 1. The van der Waals surface area contributed by atoms with Crippen LogP contribution in [0.2, 0.25) is 0 Å².